The zero-order valence-electron chi connectivity index (χ0n) is 19.4. The number of piperazine rings is 1. The molecular formula is C24H27N5O5. The molecule has 1 saturated heterocycles. The molecule has 1 atom stereocenters. The van der Waals surface area contributed by atoms with Crippen molar-refractivity contribution >= 4 is 33.7 Å². The van der Waals surface area contributed by atoms with Crippen LogP contribution in [0.3, 0.4) is 0 Å². The van der Waals surface area contributed by atoms with E-state index in [-0.39, 0.29) is 22.6 Å². The van der Waals surface area contributed by atoms with Crippen LogP contribution in [0.1, 0.15) is 6.92 Å². The minimum absolute atomic E-state index is 0.0472. The third kappa shape index (κ3) is 4.58. The van der Waals surface area contributed by atoms with Crippen LogP contribution in [-0.2, 0) is 4.79 Å². The van der Waals surface area contributed by atoms with Gasteiger partial charge in [-0.1, -0.05) is 0 Å². The molecule has 1 amide bonds. The van der Waals surface area contributed by atoms with Gasteiger partial charge in [-0.3, -0.25) is 24.8 Å². The zero-order valence-corrected chi connectivity index (χ0v) is 19.4. The van der Waals surface area contributed by atoms with E-state index in [0.29, 0.717) is 48.8 Å². The van der Waals surface area contributed by atoms with Crippen molar-refractivity contribution in [3.63, 3.8) is 0 Å². The summed E-state index contributed by atoms with van der Waals surface area (Å²) in [5, 5.41) is 15.7. The second-order valence-corrected chi connectivity index (χ2v) is 8.04. The summed E-state index contributed by atoms with van der Waals surface area (Å²) in [4.78, 5) is 32.3. The van der Waals surface area contributed by atoms with E-state index in [9.17, 15) is 14.9 Å². The van der Waals surface area contributed by atoms with Gasteiger partial charge < -0.3 is 19.7 Å². The van der Waals surface area contributed by atoms with Gasteiger partial charge in [-0.25, -0.2) is 0 Å². The SMILES string of the molecule is COc1ccc(NC(=O)C(C)N2CCN(c3ccc([N+](=O)[O-])c4cnccc34)CC2)cc1OC. The molecule has 1 N–H and O–H groups in total. The Bertz CT molecular complexity index is 1210. The van der Waals surface area contributed by atoms with Crippen molar-refractivity contribution in [1.29, 1.82) is 0 Å². The number of amides is 1. The fourth-order valence-electron chi connectivity index (χ4n) is 4.27. The summed E-state index contributed by atoms with van der Waals surface area (Å²) in [6, 6.07) is 10.1. The first kappa shape index (κ1) is 23.2. The maximum atomic E-state index is 12.9. The molecule has 10 heteroatoms. The molecule has 2 aromatic carbocycles. The standard InChI is InChI=1S/C24H27N5O5/c1-16(24(30)26-17-4-7-22(33-2)23(14-17)34-3)27-10-12-28(13-11-27)20-5-6-21(29(31)32)19-15-25-9-8-18(19)20/h4-9,14-16H,10-13H2,1-3H3,(H,26,30). The Balaban J connectivity index is 1.42. The Morgan fingerprint density at radius 3 is 2.47 bits per heavy atom. The Hall–Kier alpha value is -3.92. The summed E-state index contributed by atoms with van der Waals surface area (Å²) < 4.78 is 10.5. The van der Waals surface area contributed by atoms with Gasteiger partial charge in [-0.2, -0.15) is 0 Å². The third-order valence-corrected chi connectivity index (χ3v) is 6.20. The van der Waals surface area contributed by atoms with Gasteiger partial charge in [0.25, 0.3) is 5.69 Å². The fraction of sp³-hybridized carbons (Fsp3) is 0.333. The molecule has 1 aliphatic heterocycles. The highest BCUT2D eigenvalue weighted by Gasteiger charge is 2.27. The van der Waals surface area contributed by atoms with Crippen molar-refractivity contribution in [1.82, 2.24) is 9.88 Å². The number of ether oxygens (including phenoxy) is 2. The minimum atomic E-state index is -0.384. The molecule has 1 fully saturated rings. The van der Waals surface area contributed by atoms with Crippen LogP contribution in [0.5, 0.6) is 11.5 Å². The normalized spacial score (nSPS) is 15.1. The summed E-state index contributed by atoms with van der Waals surface area (Å²) >= 11 is 0. The second kappa shape index (κ2) is 9.92. The van der Waals surface area contributed by atoms with Gasteiger partial charge in [0.05, 0.1) is 30.6 Å². The number of benzene rings is 2. The average Bonchev–Trinajstić information content (AvgIpc) is 2.87. The first-order chi connectivity index (χ1) is 16.4. The van der Waals surface area contributed by atoms with Gasteiger partial charge in [0.2, 0.25) is 5.91 Å². The number of hydrogen-bond donors (Lipinski definition) is 1. The third-order valence-electron chi connectivity index (χ3n) is 6.20. The predicted octanol–water partition coefficient (Wildman–Crippen LogP) is 3.31. The number of nitro benzene ring substituents is 1. The monoisotopic (exact) mass is 465 g/mol. The number of non-ortho nitro benzene ring substituents is 1. The smallest absolute Gasteiger partial charge is 0.278 e. The molecule has 10 nitrogen and oxygen atoms in total. The van der Waals surface area contributed by atoms with E-state index in [4.69, 9.17) is 9.47 Å². The number of anilines is 2. The number of methoxy groups -OCH3 is 2. The Kier molecular flexibility index (Phi) is 6.78. The fourth-order valence-corrected chi connectivity index (χ4v) is 4.27. The van der Waals surface area contributed by atoms with Crippen LogP contribution in [0.25, 0.3) is 10.8 Å². The summed E-state index contributed by atoms with van der Waals surface area (Å²) in [5.74, 6) is 1.04. The molecule has 3 aromatic rings. The lowest BCUT2D eigenvalue weighted by atomic mass is 10.1. The number of fused-ring (bicyclic) bond motifs is 1. The zero-order chi connectivity index (χ0) is 24.2. The lowest BCUT2D eigenvalue weighted by molar-refractivity contribution is -0.383. The van der Waals surface area contributed by atoms with Crippen molar-refractivity contribution in [2.75, 3.05) is 50.6 Å². The van der Waals surface area contributed by atoms with Gasteiger partial charge in [0.1, 0.15) is 0 Å². The van der Waals surface area contributed by atoms with Crippen LogP contribution in [0, 0.1) is 10.1 Å². The van der Waals surface area contributed by atoms with E-state index >= 15 is 0 Å². The van der Waals surface area contributed by atoms with Gasteiger partial charge in [0.15, 0.2) is 11.5 Å². The molecule has 178 valence electrons. The number of nitro groups is 1. The summed E-state index contributed by atoms with van der Waals surface area (Å²) in [7, 11) is 3.12. The number of rotatable bonds is 7. The molecule has 0 aliphatic carbocycles. The number of carbonyl (C=O) groups is 1. The number of aromatic nitrogens is 1. The highest BCUT2D eigenvalue weighted by molar-refractivity contribution is 5.99. The van der Waals surface area contributed by atoms with Gasteiger partial charge >= 0.3 is 0 Å². The van der Waals surface area contributed by atoms with Gasteiger partial charge in [-0.05, 0) is 31.2 Å². The molecular weight excluding hydrogens is 438 g/mol. The van der Waals surface area contributed by atoms with Crippen LogP contribution in [0.15, 0.2) is 48.8 Å². The van der Waals surface area contributed by atoms with E-state index in [1.54, 1.807) is 44.7 Å². The van der Waals surface area contributed by atoms with Crippen LogP contribution in [-0.4, -0.2) is 67.2 Å². The highest BCUT2D eigenvalue weighted by atomic mass is 16.6. The number of pyridine rings is 1. The summed E-state index contributed by atoms with van der Waals surface area (Å²) in [5.41, 5.74) is 1.62. The van der Waals surface area contributed by atoms with Crippen molar-refractivity contribution < 1.29 is 19.2 Å². The molecule has 0 saturated carbocycles. The van der Waals surface area contributed by atoms with Crippen molar-refractivity contribution in [3.8, 4) is 11.5 Å². The van der Waals surface area contributed by atoms with Crippen LogP contribution in [0.2, 0.25) is 0 Å². The van der Waals surface area contributed by atoms with E-state index in [1.807, 2.05) is 13.0 Å². The molecule has 2 heterocycles. The number of hydrogen-bond acceptors (Lipinski definition) is 8. The minimum Gasteiger partial charge on any atom is -0.493 e. The number of nitrogens with zero attached hydrogens (tertiary/aromatic N) is 4. The molecule has 34 heavy (non-hydrogen) atoms. The average molecular weight is 466 g/mol. The van der Waals surface area contributed by atoms with E-state index in [0.717, 1.165) is 11.1 Å². The maximum absolute atomic E-state index is 12.9. The molecule has 1 unspecified atom stereocenters. The Morgan fingerprint density at radius 2 is 1.79 bits per heavy atom. The Morgan fingerprint density at radius 1 is 1.06 bits per heavy atom. The van der Waals surface area contributed by atoms with Crippen molar-refractivity contribution in [3.05, 3.63) is 58.9 Å². The maximum Gasteiger partial charge on any atom is 0.278 e. The van der Waals surface area contributed by atoms with Gasteiger partial charge in [0, 0.05) is 67.5 Å². The van der Waals surface area contributed by atoms with E-state index < -0.39 is 0 Å². The summed E-state index contributed by atoms with van der Waals surface area (Å²) in [6.45, 7) is 4.65. The van der Waals surface area contributed by atoms with Crippen LogP contribution in [0.4, 0.5) is 17.1 Å². The lowest BCUT2D eigenvalue weighted by Gasteiger charge is -2.38. The largest absolute Gasteiger partial charge is 0.493 e. The topological polar surface area (TPSA) is 110 Å². The molecule has 0 radical (unpaired) electrons. The predicted molar refractivity (Wildman–Crippen MR) is 130 cm³/mol. The van der Waals surface area contributed by atoms with Crippen molar-refractivity contribution in [2.24, 2.45) is 0 Å². The molecule has 1 aliphatic rings. The number of carbonyl (C=O) groups excluding carboxylic acids is 1. The molecule has 0 bridgehead atoms. The van der Waals surface area contributed by atoms with Gasteiger partial charge in [-0.15, -0.1) is 0 Å². The van der Waals surface area contributed by atoms with Crippen LogP contribution < -0.4 is 19.7 Å². The number of nitrogens with one attached hydrogen (secondary N) is 1. The van der Waals surface area contributed by atoms with Crippen molar-refractivity contribution in [2.45, 2.75) is 13.0 Å². The molecule has 1 aromatic heterocycles. The highest BCUT2D eigenvalue weighted by Crippen LogP contribution is 2.34. The first-order valence-corrected chi connectivity index (χ1v) is 11.0. The first-order valence-electron chi connectivity index (χ1n) is 11.0. The quantitative estimate of drug-likeness (QED) is 0.418. The molecule has 4 rings (SSSR count). The van der Waals surface area contributed by atoms with E-state index in [2.05, 4.69) is 20.1 Å². The van der Waals surface area contributed by atoms with E-state index in [1.165, 1.54) is 12.3 Å². The second-order valence-electron chi connectivity index (χ2n) is 8.04. The lowest BCUT2D eigenvalue weighted by Crippen LogP contribution is -2.52. The molecule has 0 spiro atoms. The van der Waals surface area contributed by atoms with Crippen LogP contribution >= 0.6 is 0 Å². The Labute approximate surface area is 197 Å². The summed E-state index contributed by atoms with van der Waals surface area (Å²) in [6.07, 6.45) is 3.18.